The standard InChI is InChI=1S/C23H19N3O5S/c27-20(30-16-9-7-14(8-10-16)12-19-21(28)25-23(29)32-19)13-15-4-3-11-26(15)22-24-17-5-1-2-6-18(17)31-22/h1-2,5-10,12,15H,3-4,11,13H2,(H,25,28,29)/b19-12-/t15-/m0/s1. The molecule has 1 aromatic heterocycles. The number of rotatable bonds is 5. The van der Waals surface area contributed by atoms with E-state index in [2.05, 4.69) is 10.3 Å². The lowest BCUT2D eigenvalue weighted by Gasteiger charge is -2.21. The van der Waals surface area contributed by atoms with E-state index in [-0.39, 0.29) is 23.7 Å². The lowest BCUT2D eigenvalue weighted by molar-refractivity contribution is -0.134. The van der Waals surface area contributed by atoms with Crippen LogP contribution < -0.4 is 15.0 Å². The Morgan fingerprint density at radius 1 is 1.22 bits per heavy atom. The van der Waals surface area contributed by atoms with E-state index in [1.54, 1.807) is 30.3 Å². The lowest BCUT2D eigenvalue weighted by atomic mass is 10.1. The number of para-hydroxylation sites is 2. The summed E-state index contributed by atoms with van der Waals surface area (Å²) in [6.45, 7) is 0.780. The van der Waals surface area contributed by atoms with Crippen LogP contribution in [0.25, 0.3) is 17.2 Å². The van der Waals surface area contributed by atoms with Gasteiger partial charge in [0, 0.05) is 12.6 Å². The van der Waals surface area contributed by atoms with E-state index < -0.39 is 5.91 Å². The molecular formula is C23H19N3O5S. The molecular weight excluding hydrogens is 430 g/mol. The molecule has 3 aromatic rings. The number of carbonyl (C=O) groups is 3. The van der Waals surface area contributed by atoms with Crippen LogP contribution >= 0.6 is 11.8 Å². The summed E-state index contributed by atoms with van der Waals surface area (Å²) in [4.78, 5) is 42.4. The third-order valence-electron chi connectivity index (χ3n) is 5.36. The Bertz CT molecular complexity index is 1200. The summed E-state index contributed by atoms with van der Waals surface area (Å²) in [5.74, 6) is -0.320. The van der Waals surface area contributed by atoms with E-state index in [9.17, 15) is 14.4 Å². The molecule has 8 nitrogen and oxygen atoms in total. The Hall–Kier alpha value is -3.59. The fourth-order valence-corrected chi connectivity index (χ4v) is 4.53. The highest BCUT2D eigenvalue weighted by atomic mass is 32.2. The molecule has 5 rings (SSSR count). The van der Waals surface area contributed by atoms with Crippen LogP contribution in [0.4, 0.5) is 10.8 Å². The van der Waals surface area contributed by atoms with Gasteiger partial charge in [-0.15, -0.1) is 0 Å². The normalized spacial score (nSPS) is 19.7. The van der Waals surface area contributed by atoms with Crippen molar-refractivity contribution in [3.05, 3.63) is 59.0 Å². The highest BCUT2D eigenvalue weighted by molar-refractivity contribution is 8.18. The van der Waals surface area contributed by atoms with Gasteiger partial charge in [0.15, 0.2) is 5.58 Å². The van der Waals surface area contributed by atoms with Gasteiger partial charge >= 0.3 is 5.97 Å². The Balaban J connectivity index is 1.22. The number of hydrogen-bond donors (Lipinski definition) is 1. The first-order chi connectivity index (χ1) is 15.5. The van der Waals surface area contributed by atoms with Crippen molar-refractivity contribution in [2.45, 2.75) is 25.3 Å². The van der Waals surface area contributed by atoms with E-state index in [4.69, 9.17) is 9.15 Å². The molecule has 0 spiro atoms. The zero-order valence-corrected chi connectivity index (χ0v) is 17.8. The first-order valence-corrected chi connectivity index (χ1v) is 11.0. The molecule has 2 aliphatic heterocycles. The van der Waals surface area contributed by atoms with Crippen LogP contribution in [0.1, 0.15) is 24.8 Å². The van der Waals surface area contributed by atoms with Gasteiger partial charge in [0.1, 0.15) is 11.3 Å². The van der Waals surface area contributed by atoms with E-state index in [0.717, 1.165) is 47.8 Å². The molecule has 1 N–H and O–H groups in total. The number of oxazole rings is 1. The molecule has 0 aliphatic carbocycles. The molecule has 2 amide bonds. The third-order valence-corrected chi connectivity index (χ3v) is 6.17. The van der Waals surface area contributed by atoms with Crippen LogP contribution in [-0.2, 0) is 9.59 Å². The average Bonchev–Trinajstić information content (AvgIpc) is 3.47. The SMILES string of the molecule is O=C(C[C@@H]1CCCN1c1nc2ccccc2o1)Oc1ccc(/C=C2\SC(=O)NC2=O)cc1. The number of imide groups is 1. The van der Waals surface area contributed by atoms with Crippen molar-refractivity contribution < 1.29 is 23.5 Å². The highest BCUT2D eigenvalue weighted by Gasteiger charge is 2.31. The maximum Gasteiger partial charge on any atom is 0.313 e. The smallest absolute Gasteiger partial charge is 0.313 e. The number of nitrogens with one attached hydrogen (secondary N) is 1. The van der Waals surface area contributed by atoms with E-state index >= 15 is 0 Å². The van der Waals surface area contributed by atoms with E-state index in [0.29, 0.717) is 16.7 Å². The van der Waals surface area contributed by atoms with Gasteiger partial charge in [0.05, 0.1) is 11.3 Å². The van der Waals surface area contributed by atoms with Gasteiger partial charge < -0.3 is 14.1 Å². The summed E-state index contributed by atoms with van der Waals surface area (Å²) < 4.78 is 11.4. The summed E-state index contributed by atoms with van der Waals surface area (Å²) >= 11 is 0.859. The number of amides is 2. The molecule has 0 saturated carbocycles. The minimum atomic E-state index is -0.407. The number of ether oxygens (including phenoxy) is 1. The molecule has 9 heteroatoms. The maximum atomic E-state index is 12.6. The molecule has 2 aromatic carbocycles. The molecule has 2 fully saturated rings. The number of fused-ring (bicyclic) bond motifs is 1. The monoisotopic (exact) mass is 449 g/mol. The Morgan fingerprint density at radius 3 is 2.78 bits per heavy atom. The molecule has 3 heterocycles. The molecule has 2 saturated heterocycles. The molecule has 0 radical (unpaired) electrons. The van der Waals surface area contributed by atoms with Crippen LogP contribution in [0, 0.1) is 0 Å². The number of nitrogens with zero attached hydrogens (tertiary/aromatic N) is 2. The van der Waals surface area contributed by atoms with Gasteiger partial charge in [0.2, 0.25) is 0 Å². The molecule has 0 unspecified atom stereocenters. The fourth-order valence-electron chi connectivity index (χ4n) is 3.85. The molecule has 0 bridgehead atoms. The number of benzene rings is 2. The summed E-state index contributed by atoms with van der Waals surface area (Å²) in [5.41, 5.74) is 2.25. The van der Waals surface area contributed by atoms with Crippen molar-refractivity contribution in [3.8, 4) is 5.75 Å². The number of carbonyl (C=O) groups excluding carboxylic acids is 3. The summed E-state index contributed by atoms with van der Waals surface area (Å²) in [6, 6.07) is 14.9. The van der Waals surface area contributed by atoms with Crippen molar-refractivity contribution >= 4 is 52.1 Å². The van der Waals surface area contributed by atoms with Crippen molar-refractivity contribution in [1.82, 2.24) is 10.3 Å². The summed E-state index contributed by atoms with van der Waals surface area (Å²) in [6.07, 6.45) is 3.66. The molecule has 1 atom stereocenters. The second-order valence-corrected chi connectivity index (χ2v) is 8.57. The van der Waals surface area contributed by atoms with Crippen LogP contribution in [0.2, 0.25) is 0 Å². The Labute approximate surface area is 187 Å². The summed E-state index contributed by atoms with van der Waals surface area (Å²) in [7, 11) is 0. The zero-order chi connectivity index (χ0) is 22.1. The van der Waals surface area contributed by atoms with Gasteiger partial charge in [-0.25, -0.2) is 0 Å². The van der Waals surface area contributed by atoms with Gasteiger partial charge in [-0.3, -0.25) is 19.7 Å². The van der Waals surface area contributed by atoms with Crippen LogP contribution in [0.15, 0.2) is 57.9 Å². The number of anilines is 1. The quantitative estimate of drug-likeness (QED) is 0.353. The minimum absolute atomic E-state index is 0.0324. The zero-order valence-electron chi connectivity index (χ0n) is 16.9. The Morgan fingerprint density at radius 2 is 2.03 bits per heavy atom. The lowest BCUT2D eigenvalue weighted by Crippen LogP contribution is -2.32. The van der Waals surface area contributed by atoms with Crippen LogP contribution in [-0.4, -0.2) is 34.7 Å². The minimum Gasteiger partial charge on any atom is -0.426 e. The topological polar surface area (TPSA) is 102 Å². The highest BCUT2D eigenvalue weighted by Crippen LogP contribution is 2.30. The van der Waals surface area contributed by atoms with Crippen molar-refractivity contribution in [2.75, 3.05) is 11.4 Å². The van der Waals surface area contributed by atoms with Crippen LogP contribution in [0.3, 0.4) is 0 Å². The van der Waals surface area contributed by atoms with E-state index in [1.165, 1.54) is 0 Å². The van der Waals surface area contributed by atoms with Gasteiger partial charge in [-0.1, -0.05) is 24.3 Å². The van der Waals surface area contributed by atoms with Crippen molar-refractivity contribution in [2.24, 2.45) is 0 Å². The average molecular weight is 449 g/mol. The van der Waals surface area contributed by atoms with Crippen molar-refractivity contribution in [3.63, 3.8) is 0 Å². The predicted molar refractivity (Wildman–Crippen MR) is 120 cm³/mol. The largest absolute Gasteiger partial charge is 0.426 e. The molecule has 162 valence electrons. The Kier molecular flexibility index (Phi) is 5.40. The second kappa shape index (κ2) is 8.51. The number of thioether (sulfide) groups is 1. The second-order valence-electron chi connectivity index (χ2n) is 7.55. The number of esters is 1. The maximum absolute atomic E-state index is 12.6. The van der Waals surface area contributed by atoms with Crippen molar-refractivity contribution in [1.29, 1.82) is 0 Å². The van der Waals surface area contributed by atoms with Gasteiger partial charge in [-0.2, -0.15) is 4.98 Å². The first kappa shape index (κ1) is 20.3. The fraction of sp³-hybridized carbons (Fsp3) is 0.217. The predicted octanol–water partition coefficient (Wildman–Crippen LogP) is 4.12. The number of aromatic nitrogens is 1. The van der Waals surface area contributed by atoms with Gasteiger partial charge in [0.25, 0.3) is 17.2 Å². The summed E-state index contributed by atoms with van der Waals surface area (Å²) in [5, 5.41) is 1.83. The van der Waals surface area contributed by atoms with Crippen LogP contribution in [0.5, 0.6) is 5.75 Å². The molecule has 2 aliphatic rings. The van der Waals surface area contributed by atoms with E-state index in [1.807, 2.05) is 29.2 Å². The third kappa shape index (κ3) is 4.24. The first-order valence-electron chi connectivity index (χ1n) is 10.2. The van der Waals surface area contributed by atoms with Gasteiger partial charge in [-0.05, 0) is 60.5 Å². The number of hydrogen-bond acceptors (Lipinski definition) is 8. The molecule has 32 heavy (non-hydrogen) atoms.